The van der Waals surface area contributed by atoms with Crippen molar-refractivity contribution in [2.45, 2.75) is 17.5 Å². The minimum Gasteiger partial charge on any atom is -0.493 e. The molecular weight excluding hydrogens is 324 g/mol. The van der Waals surface area contributed by atoms with Crippen molar-refractivity contribution in [3.63, 3.8) is 0 Å². The van der Waals surface area contributed by atoms with E-state index in [1.165, 1.54) is 0 Å². The van der Waals surface area contributed by atoms with E-state index in [0.717, 1.165) is 33.5 Å². The van der Waals surface area contributed by atoms with Crippen LogP contribution in [-0.4, -0.2) is 30.8 Å². The van der Waals surface area contributed by atoms with Crippen molar-refractivity contribution in [3.05, 3.63) is 53.6 Å². The summed E-state index contributed by atoms with van der Waals surface area (Å²) in [6.45, 7) is 2.04. The molecule has 0 amide bonds. The molecule has 0 saturated carbocycles. The van der Waals surface area contributed by atoms with Gasteiger partial charge >= 0.3 is 0 Å². The van der Waals surface area contributed by atoms with Gasteiger partial charge in [-0.05, 0) is 12.1 Å². The molecule has 6 heteroatoms. The molecule has 2 aromatic carbocycles. The fraction of sp³-hybridized carbons (Fsp3) is 0.278. The maximum Gasteiger partial charge on any atom is 0.236 e. The van der Waals surface area contributed by atoms with Crippen LogP contribution in [0.15, 0.2) is 52.5 Å². The predicted octanol–water partition coefficient (Wildman–Crippen LogP) is 3.63. The Morgan fingerprint density at radius 2 is 1.83 bits per heavy atom. The summed E-state index contributed by atoms with van der Waals surface area (Å²) in [6, 6.07) is 14.1. The number of rotatable bonds is 3. The van der Waals surface area contributed by atoms with Gasteiger partial charge in [0.25, 0.3) is 0 Å². The Bertz CT molecular complexity index is 809. The first-order chi connectivity index (χ1) is 11.7. The number of oxime groups is 1. The summed E-state index contributed by atoms with van der Waals surface area (Å²) in [7, 11) is 3.29. The third-order valence-corrected chi connectivity index (χ3v) is 5.48. The van der Waals surface area contributed by atoms with Gasteiger partial charge in [-0.1, -0.05) is 35.5 Å². The minimum atomic E-state index is -0.648. The summed E-state index contributed by atoms with van der Waals surface area (Å²) in [5.74, 6) is 3.03. The number of nitrogens with zero attached hydrogens (tertiary/aromatic N) is 2. The van der Waals surface area contributed by atoms with E-state index in [4.69, 9.17) is 14.3 Å². The van der Waals surface area contributed by atoms with E-state index in [-0.39, 0.29) is 0 Å². The minimum absolute atomic E-state index is 0.648. The maximum atomic E-state index is 5.92. The van der Waals surface area contributed by atoms with Crippen LogP contribution in [0.4, 0.5) is 0 Å². The topological polar surface area (TPSA) is 43.3 Å². The molecule has 2 aromatic rings. The van der Waals surface area contributed by atoms with Gasteiger partial charge in [0, 0.05) is 22.9 Å². The molecule has 0 fully saturated rings. The van der Waals surface area contributed by atoms with Crippen LogP contribution in [0.5, 0.6) is 11.5 Å². The Morgan fingerprint density at radius 1 is 1.12 bits per heavy atom. The highest BCUT2D eigenvalue weighted by molar-refractivity contribution is 7.99. The molecule has 0 aliphatic carbocycles. The van der Waals surface area contributed by atoms with Crippen molar-refractivity contribution >= 4 is 17.6 Å². The molecule has 0 bridgehead atoms. The lowest BCUT2D eigenvalue weighted by Crippen LogP contribution is -2.46. The molecule has 2 heterocycles. The van der Waals surface area contributed by atoms with Gasteiger partial charge in [-0.15, -0.1) is 11.8 Å². The van der Waals surface area contributed by atoms with Gasteiger partial charge in [-0.2, -0.15) is 0 Å². The Morgan fingerprint density at radius 3 is 2.54 bits per heavy atom. The van der Waals surface area contributed by atoms with Crippen molar-refractivity contribution in [2.75, 3.05) is 20.1 Å². The second-order valence-electron chi connectivity index (χ2n) is 5.76. The highest BCUT2D eigenvalue weighted by Crippen LogP contribution is 2.49. The number of amidine groups is 1. The smallest absolute Gasteiger partial charge is 0.236 e. The zero-order chi connectivity index (χ0) is 16.7. The number of ether oxygens (including phenoxy) is 2. The average molecular weight is 342 g/mol. The van der Waals surface area contributed by atoms with E-state index < -0.39 is 5.72 Å². The summed E-state index contributed by atoms with van der Waals surface area (Å²) >= 11 is 1.74. The lowest BCUT2D eigenvalue weighted by Gasteiger charge is -2.39. The summed E-state index contributed by atoms with van der Waals surface area (Å²) in [4.78, 5) is 9.22. The number of methoxy groups -OCH3 is 2. The number of fused-ring (bicyclic) bond motifs is 3. The average Bonchev–Trinajstić information content (AvgIpc) is 2.99. The second kappa shape index (κ2) is 5.63. The van der Waals surface area contributed by atoms with Crippen LogP contribution in [-0.2, 0) is 10.6 Å². The van der Waals surface area contributed by atoms with Crippen LogP contribution >= 0.6 is 11.8 Å². The van der Waals surface area contributed by atoms with E-state index >= 15 is 0 Å². The molecule has 0 N–H and O–H groups in total. The zero-order valence-electron chi connectivity index (χ0n) is 13.8. The Kier molecular flexibility index (Phi) is 3.57. The molecule has 2 aliphatic rings. The van der Waals surface area contributed by atoms with Crippen molar-refractivity contribution < 1.29 is 14.3 Å². The Hall–Kier alpha value is -2.34. The monoisotopic (exact) mass is 342 g/mol. The molecule has 4 rings (SSSR count). The second-order valence-corrected chi connectivity index (χ2v) is 6.75. The summed E-state index contributed by atoms with van der Waals surface area (Å²) < 4.78 is 10.9. The molecule has 0 saturated heterocycles. The van der Waals surface area contributed by atoms with E-state index in [1.807, 2.05) is 49.4 Å². The molecule has 1 unspecified atom stereocenters. The molecule has 2 aliphatic heterocycles. The van der Waals surface area contributed by atoms with Crippen LogP contribution in [0.1, 0.15) is 18.1 Å². The van der Waals surface area contributed by atoms with E-state index in [0.29, 0.717) is 5.75 Å². The third kappa shape index (κ3) is 2.13. The molecule has 24 heavy (non-hydrogen) atoms. The van der Waals surface area contributed by atoms with Crippen LogP contribution in [0, 0.1) is 0 Å². The van der Waals surface area contributed by atoms with Gasteiger partial charge in [-0.25, -0.2) is 0 Å². The largest absolute Gasteiger partial charge is 0.493 e. The van der Waals surface area contributed by atoms with Gasteiger partial charge in [0.2, 0.25) is 5.72 Å². The van der Waals surface area contributed by atoms with Gasteiger partial charge in [0.1, 0.15) is 0 Å². The fourth-order valence-corrected chi connectivity index (χ4v) is 4.31. The molecule has 0 radical (unpaired) electrons. The molecule has 1 atom stereocenters. The van der Waals surface area contributed by atoms with E-state index in [1.54, 1.807) is 26.0 Å². The van der Waals surface area contributed by atoms with E-state index in [9.17, 15) is 0 Å². The van der Waals surface area contributed by atoms with Gasteiger partial charge < -0.3 is 19.2 Å². The number of benzene rings is 2. The SMILES string of the molecule is COc1cc2c(cc1OC)C1(C)ON=C(c3ccccc3)N1CS2. The summed E-state index contributed by atoms with van der Waals surface area (Å²) in [5, 5.41) is 4.38. The zero-order valence-corrected chi connectivity index (χ0v) is 14.6. The molecule has 0 aromatic heterocycles. The number of hydrogen-bond donors (Lipinski definition) is 0. The summed E-state index contributed by atoms with van der Waals surface area (Å²) in [6.07, 6.45) is 0. The number of thioether (sulfide) groups is 1. The highest BCUT2D eigenvalue weighted by Gasteiger charge is 2.48. The first-order valence-electron chi connectivity index (χ1n) is 7.66. The van der Waals surface area contributed by atoms with Crippen LogP contribution in [0.25, 0.3) is 0 Å². The van der Waals surface area contributed by atoms with Gasteiger partial charge in [0.05, 0.1) is 20.1 Å². The predicted molar refractivity (Wildman–Crippen MR) is 93.5 cm³/mol. The maximum absolute atomic E-state index is 5.92. The lowest BCUT2D eigenvalue weighted by molar-refractivity contribution is -0.0877. The van der Waals surface area contributed by atoms with Crippen LogP contribution in [0.3, 0.4) is 0 Å². The van der Waals surface area contributed by atoms with Crippen molar-refractivity contribution in [2.24, 2.45) is 5.16 Å². The lowest BCUT2D eigenvalue weighted by atomic mass is 10.0. The number of hydrogen-bond acceptors (Lipinski definition) is 6. The third-order valence-electron chi connectivity index (χ3n) is 4.45. The normalized spacial score (nSPS) is 21.5. The van der Waals surface area contributed by atoms with E-state index in [2.05, 4.69) is 10.1 Å². The molecule has 0 spiro atoms. The first kappa shape index (κ1) is 15.2. The van der Waals surface area contributed by atoms with Crippen molar-refractivity contribution in [1.82, 2.24) is 4.90 Å². The molecule has 124 valence electrons. The Balaban J connectivity index is 1.78. The molecule has 5 nitrogen and oxygen atoms in total. The van der Waals surface area contributed by atoms with Crippen LogP contribution in [0.2, 0.25) is 0 Å². The highest BCUT2D eigenvalue weighted by atomic mass is 32.2. The molecular formula is C18H18N2O3S. The first-order valence-corrected chi connectivity index (χ1v) is 8.64. The van der Waals surface area contributed by atoms with Gasteiger partial charge in [-0.3, -0.25) is 0 Å². The Labute approximate surface area is 145 Å². The summed E-state index contributed by atoms with van der Waals surface area (Å²) in [5.41, 5.74) is 1.43. The fourth-order valence-electron chi connectivity index (χ4n) is 3.08. The van der Waals surface area contributed by atoms with Crippen molar-refractivity contribution in [1.29, 1.82) is 0 Å². The van der Waals surface area contributed by atoms with Gasteiger partial charge in [0.15, 0.2) is 17.3 Å². The van der Waals surface area contributed by atoms with Crippen LogP contribution < -0.4 is 9.47 Å². The quantitative estimate of drug-likeness (QED) is 0.852. The van der Waals surface area contributed by atoms with Crippen molar-refractivity contribution in [3.8, 4) is 11.5 Å². The standard InChI is InChI=1S/C18H18N2O3S/c1-18-13-9-14(21-2)15(22-3)10-16(13)24-11-20(18)17(19-23-18)12-7-5-4-6-8-12/h4-10H,11H2,1-3H3.